The van der Waals surface area contributed by atoms with Crippen molar-refractivity contribution in [2.24, 2.45) is 5.73 Å². The van der Waals surface area contributed by atoms with E-state index >= 15 is 0 Å². The van der Waals surface area contributed by atoms with E-state index in [0.717, 1.165) is 42.7 Å². The van der Waals surface area contributed by atoms with Crippen LogP contribution in [0, 0.1) is 0 Å². The maximum atomic E-state index is 11.7. The van der Waals surface area contributed by atoms with Crippen molar-refractivity contribution in [3.63, 3.8) is 0 Å². The van der Waals surface area contributed by atoms with Gasteiger partial charge in [0.15, 0.2) is 5.65 Å². The van der Waals surface area contributed by atoms with E-state index in [-0.39, 0.29) is 17.9 Å². The third-order valence-electron chi connectivity index (χ3n) is 6.75. The molecule has 1 saturated heterocycles. The molecule has 0 radical (unpaired) electrons. The molecular weight excluding hydrogens is 492 g/mol. The smallest absolute Gasteiger partial charge is 0.247 e. The fraction of sp³-hybridized carbons (Fsp3) is 0.310. The van der Waals surface area contributed by atoms with E-state index in [1.807, 2.05) is 42.6 Å². The number of hydrogen-bond acceptors (Lipinski definition) is 8. The summed E-state index contributed by atoms with van der Waals surface area (Å²) in [5, 5.41) is 10.8. The number of fused-ring (bicyclic) bond motifs is 1. The van der Waals surface area contributed by atoms with Crippen LogP contribution in [0.2, 0.25) is 0 Å². The molecule has 2 aromatic heterocycles. The molecule has 3 heterocycles. The monoisotopic (exact) mass is 526 g/mol. The number of carbonyl (C=O) groups excluding carboxylic acids is 1. The van der Waals surface area contributed by atoms with E-state index in [0.29, 0.717) is 35.6 Å². The van der Waals surface area contributed by atoms with E-state index < -0.39 is 0 Å². The molecule has 0 bridgehead atoms. The van der Waals surface area contributed by atoms with Crippen LogP contribution in [0.25, 0.3) is 5.65 Å². The first-order valence-corrected chi connectivity index (χ1v) is 13.2. The minimum absolute atomic E-state index is 0.221. The van der Waals surface area contributed by atoms with Gasteiger partial charge in [0.25, 0.3) is 0 Å². The summed E-state index contributed by atoms with van der Waals surface area (Å²) in [4.78, 5) is 23.7. The highest BCUT2D eigenvalue weighted by atomic mass is 16.5. The molecule has 1 amide bonds. The van der Waals surface area contributed by atoms with Gasteiger partial charge in [0, 0.05) is 48.6 Å². The van der Waals surface area contributed by atoms with Crippen LogP contribution in [0.5, 0.6) is 11.5 Å². The Morgan fingerprint density at radius 3 is 2.74 bits per heavy atom. The lowest BCUT2D eigenvalue weighted by Gasteiger charge is -2.30. The van der Waals surface area contributed by atoms with Crippen LogP contribution in [0.3, 0.4) is 0 Å². The number of carbonyl (C=O) groups is 1. The second kappa shape index (κ2) is 11.5. The fourth-order valence-corrected chi connectivity index (χ4v) is 4.53. The summed E-state index contributed by atoms with van der Waals surface area (Å²) in [5.41, 5.74) is 9.57. The van der Waals surface area contributed by atoms with Crippen molar-refractivity contribution in [2.45, 2.75) is 45.2 Å². The summed E-state index contributed by atoms with van der Waals surface area (Å²) >= 11 is 0. The highest BCUT2D eigenvalue weighted by Crippen LogP contribution is 2.29. The van der Waals surface area contributed by atoms with Crippen LogP contribution in [-0.2, 0) is 11.3 Å². The molecule has 39 heavy (non-hydrogen) atoms. The first-order valence-electron chi connectivity index (χ1n) is 13.2. The number of ether oxygens (including phenoxy) is 1. The number of aromatic nitrogens is 4. The van der Waals surface area contributed by atoms with Crippen molar-refractivity contribution in [3.8, 4) is 11.5 Å². The normalized spacial score (nSPS) is 14.0. The zero-order valence-corrected chi connectivity index (χ0v) is 22.3. The molecule has 1 aliphatic rings. The van der Waals surface area contributed by atoms with Crippen LogP contribution in [0.1, 0.15) is 43.7 Å². The van der Waals surface area contributed by atoms with Crippen molar-refractivity contribution in [3.05, 3.63) is 78.5 Å². The number of piperidine rings is 1. The molecule has 4 aromatic rings. The van der Waals surface area contributed by atoms with Crippen molar-refractivity contribution >= 4 is 29.1 Å². The van der Waals surface area contributed by atoms with Crippen LogP contribution >= 0.6 is 0 Å². The summed E-state index contributed by atoms with van der Waals surface area (Å²) in [6.07, 6.45) is 4.92. The van der Waals surface area contributed by atoms with Gasteiger partial charge in [-0.15, -0.1) is 0 Å². The van der Waals surface area contributed by atoms with Crippen molar-refractivity contribution in [1.29, 1.82) is 0 Å². The molecule has 4 N–H and O–H groups in total. The van der Waals surface area contributed by atoms with Gasteiger partial charge >= 0.3 is 0 Å². The summed E-state index contributed by atoms with van der Waals surface area (Å²) in [6.45, 7) is 9.87. The molecule has 5 rings (SSSR count). The first kappa shape index (κ1) is 26.2. The van der Waals surface area contributed by atoms with Crippen molar-refractivity contribution in [1.82, 2.24) is 19.6 Å². The first-order chi connectivity index (χ1) is 18.9. The average molecular weight is 527 g/mol. The van der Waals surface area contributed by atoms with Crippen molar-refractivity contribution < 1.29 is 9.53 Å². The van der Waals surface area contributed by atoms with Crippen molar-refractivity contribution in [2.75, 3.05) is 28.6 Å². The van der Waals surface area contributed by atoms with E-state index in [4.69, 9.17) is 20.4 Å². The Labute approximate surface area is 227 Å². The molecular formula is C29H34N8O2. The van der Waals surface area contributed by atoms with Gasteiger partial charge in [0.2, 0.25) is 17.8 Å². The fourth-order valence-electron chi connectivity index (χ4n) is 4.53. The number of anilines is 3. The summed E-state index contributed by atoms with van der Waals surface area (Å²) in [6, 6.07) is 15.3. The molecule has 0 saturated carbocycles. The highest BCUT2D eigenvalue weighted by molar-refractivity contribution is 5.98. The van der Waals surface area contributed by atoms with Gasteiger partial charge in [-0.2, -0.15) is 19.6 Å². The highest BCUT2D eigenvalue weighted by Gasteiger charge is 2.22. The van der Waals surface area contributed by atoms with Crippen LogP contribution in [0.15, 0.2) is 67.4 Å². The number of benzene rings is 2. The lowest BCUT2D eigenvalue weighted by atomic mass is 10.1. The molecule has 0 unspecified atom stereocenters. The van der Waals surface area contributed by atoms with Gasteiger partial charge in [-0.3, -0.25) is 4.79 Å². The van der Waals surface area contributed by atoms with Gasteiger partial charge in [-0.25, -0.2) is 0 Å². The average Bonchev–Trinajstić information content (AvgIpc) is 3.38. The predicted octanol–water partition coefficient (Wildman–Crippen LogP) is 4.70. The molecule has 1 aliphatic heterocycles. The van der Waals surface area contributed by atoms with E-state index in [1.165, 1.54) is 6.08 Å². The zero-order valence-electron chi connectivity index (χ0n) is 22.3. The Kier molecular flexibility index (Phi) is 7.74. The number of nitrogens with zero attached hydrogens (tertiary/aromatic N) is 5. The molecule has 10 heteroatoms. The van der Waals surface area contributed by atoms with Gasteiger partial charge < -0.3 is 26.0 Å². The maximum Gasteiger partial charge on any atom is 0.247 e. The Hall–Kier alpha value is -4.44. The number of amides is 1. The second-order valence-corrected chi connectivity index (χ2v) is 9.95. The lowest BCUT2D eigenvalue weighted by molar-refractivity contribution is -0.111. The van der Waals surface area contributed by atoms with Crippen LogP contribution in [-0.4, -0.2) is 44.6 Å². The van der Waals surface area contributed by atoms with Gasteiger partial charge in [0.1, 0.15) is 11.5 Å². The number of nitrogens with one attached hydrogen (secondary N) is 2. The Morgan fingerprint density at radius 2 is 1.97 bits per heavy atom. The molecule has 10 nitrogen and oxygen atoms in total. The largest absolute Gasteiger partial charge is 0.457 e. The lowest BCUT2D eigenvalue weighted by Crippen LogP contribution is -2.40. The number of para-hydroxylation sites is 1. The number of hydrogen-bond donors (Lipinski definition) is 3. The van der Waals surface area contributed by atoms with Gasteiger partial charge in [0.05, 0.1) is 6.20 Å². The second-order valence-electron chi connectivity index (χ2n) is 9.95. The molecule has 0 aliphatic carbocycles. The summed E-state index contributed by atoms with van der Waals surface area (Å²) < 4.78 is 7.98. The Bertz CT molecular complexity index is 1470. The third kappa shape index (κ3) is 6.01. The molecule has 0 spiro atoms. The maximum absolute atomic E-state index is 11.7. The Morgan fingerprint density at radius 1 is 1.18 bits per heavy atom. The molecule has 2 aromatic carbocycles. The zero-order chi connectivity index (χ0) is 27.4. The molecule has 1 fully saturated rings. The van der Waals surface area contributed by atoms with E-state index in [9.17, 15) is 4.79 Å². The minimum atomic E-state index is -0.279. The van der Waals surface area contributed by atoms with E-state index in [1.54, 1.807) is 16.6 Å². The van der Waals surface area contributed by atoms with Gasteiger partial charge in [-0.05, 0) is 43.0 Å². The Balaban J connectivity index is 1.40. The van der Waals surface area contributed by atoms with Crippen LogP contribution < -0.4 is 26.0 Å². The minimum Gasteiger partial charge on any atom is -0.457 e. The standard InChI is InChI=1S/C29H34N8O2/c1-4-26(38)33-22-9-7-10-23(16-22)39-25-11-6-5-8-20(25)17-31-28-35-29(36-14-12-21(30)13-15-36)34-27-24(19(2)3)18-32-37(27)28/h4-11,16,18-19,21H,1,12-15,17,30H2,2-3H3,(H,33,38)(H,31,34,35). The number of nitrogens with two attached hydrogens (primary N) is 1. The third-order valence-corrected chi connectivity index (χ3v) is 6.75. The van der Waals surface area contributed by atoms with E-state index in [2.05, 4.69) is 41.1 Å². The summed E-state index contributed by atoms with van der Waals surface area (Å²) in [5.74, 6) is 2.58. The SMILES string of the molecule is C=CC(=O)Nc1cccc(Oc2ccccc2CNc2nc(N3CCC(N)CC3)nc3c(C(C)C)cnn23)c1. The molecule has 0 atom stereocenters. The summed E-state index contributed by atoms with van der Waals surface area (Å²) in [7, 11) is 0. The topological polar surface area (TPSA) is 123 Å². The quantitative estimate of drug-likeness (QED) is 0.268. The number of rotatable bonds is 9. The van der Waals surface area contributed by atoms with Crippen LogP contribution in [0.4, 0.5) is 17.6 Å². The van der Waals surface area contributed by atoms with Gasteiger partial charge in [-0.1, -0.05) is 44.7 Å². The predicted molar refractivity (Wildman–Crippen MR) is 153 cm³/mol. The molecule has 202 valence electrons.